The minimum absolute atomic E-state index is 0.0748. The number of carbonyl (C=O) groups is 2. The van der Waals surface area contributed by atoms with Crippen LogP contribution < -0.4 is 0 Å². The van der Waals surface area contributed by atoms with Crippen molar-refractivity contribution in [1.82, 2.24) is 4.90 Å². The van der Waals surface area contributed by atoms with Crippen molar-refractivity contribution in [3.63, 3.8) is 0 Å². The first-order chi connectivity index (χ1) is 8.35. The van der Waals surface area contributed by atoms with Crippen molar-refractivity contribution in [3.8, 4) is 0 Å². The molecule has 0 saturated heterocycles. The summed E-state index contributed by atoms with van der Waals surface area (Å²) in [5.74, 6) is -0.566. The van der Waals surface area contributed by atoms with Gasteiger partial charge < -0.3 is 10.0 Å². The number of hydrogen-bond acceptors (Lipinski definition) is 2. The van der Waals surface area contributed by atoms with Gasteiger partial charge in [0.15, 0.2) is 0 Å². The monoisotopic (exact) mass is 255 g/mol. The van der Waals surface area contributed by atoms with Gasteiger partial charge in [-0.15, -0.1) is 0 Å². The van der Waals surface area contributed by atoms with Gasteiger partial charge in [0.1, 0.15) is 5.54 Å². The number of carbonyl (C=O) groups excluding carboxylic acids is 1. The first-order valence-corrected chi connectivity index (χ1v) is 6.88. The van der Waals surface area contributed by atoms with Crippen molar-refractivity contribution >= 4 is 11.9 Å². The molecule has 0 aromatic heterocycles. The van der Waals surface area contributed by atoms with Crippen LogP contribution in [0.1, 0.15) is 59.8 Å². The topological polar surface area (TPSA) is 57.6 Å². The summed E-state index contributed by atoms with van der Waals surface area (Å²) in [5.41, 5.74) is -0.987. The highest BCUT2D eigenvalue weighted by Gasteiger charge is 2.49. The molecule has 18 heavy (non-hydrogen) atoms. The summed E-state index contributed by atoms with van der Waals surface area (Å²) in [6.45, 7) is 7.35. The first kappa shape index (κ1) is 15.0. The highest BCUT2D eigenvalue weighted by Crippen LogP contribution is 2.39. The molecule has 0 aromatic carbocycles. The molecule has 2 atom stereocenters. The lowest BCUT2D eigenvalue weighted by Crippen LogP contribution is -2.61. The van der Waals surface area contributed by atoms with E-state index in [0.717, 1.165) is 19.3 Å². The lowest BCUT2D eigenvalue weighted by atomic mass is 9.73. The van der Waals surface area contributed by atoms with Gasteiger partial charge in [-0.3, -0.25) is 4.79 Å². The van der Waals surface area contributed by atoms with Gasteiger partial charge >= 0.3 is 5.97 Å². The second-order valence-corrected chi connectivity index (χ2v) is 5.69. The molecule has 2 unspecified atom stereocenters. The van der Waals surface area contributed by atoms with Gasteiger partial charge in [-0.1, -0.05) is 26.2 Å². The van der Waals surface area contributed by atoms with E-state index in [1.54, 1.807) is 4.90 Å². The average molecular weight is 255 g/mol. The SMILES string of the molecule is CCC1CCCC(C(=O)O)(N(C(C)=O)C(C)C)C1. The second-order valence-electron chi connectivity index (χ2n) is 5.69. The summed E-state index contributed by atoms with van der Waals surface area (Å²) >= 11 is 0. The Bertz CT molecular complexity index is 327. The van der Waals surface area contributed by atoms with Crippen molar-refractivity contribution in [2.75, 3.05) is 0 Å². The highest BCUT2D eigenvalue weighted by atomic mass is 16.4. The summed E-state index contributed by atoms with van der Waals surface area (Å²) in [5, 5.41) is 9.68. The van der Waals surface area contributed by atoms with E-state index < -0.39 is 11.5 Å². The summed E-state index contributed by atoms with van der Waals surface area (Å²) in [4.78, 5) is 25.2. The summed E-state index contributed by atoms with van der Waals surface area (Å²) < 4.78 is 0. The van der Waals surface area contributed by atoms with Crippen LogP contribution >= 0.6 is 0 Å². The van der Waals surface area contributed by atoms with Gasteiger partial charge in [0.05, 0.1) is 0 Å². The Labute approximate surface area is 109 Å². The maximum atomic E-state index is 11.9. The Morgan fingerprint density at radius 3 is 2.44 bits per heavy atom. The second kappa shape index (κ2) is 5.72. The smallest absolute Gasteiger partial charge is 0.329 e. The van der Waals surface area contributed by atoms with Gasteiger partial charge in [0.25, 0.3) is 0 Å². The van der Waals surface area contributed by atoms with Crippen molar-refractivity contribution in [1.29, 1.82) is 0 Å². The molecule has 1 amide bonds. The number of aliphatic carboxylic acids is 1. The van der Waals surface area contributed by atoms with Crippen LogP contribution in [0.2, 0.25) is 0 Å². The molecule has 0 aromatic rings. The van der Waals surface area contributed by atoms with E-state index in [0.29, 0.717) is 18.8 Å². The summed E-state index contributed by atoms with van der Waals surface area (Å²) in [6, 6.07) is -0.0748. The molecule has 4 nitrogen and oxygen atoms in total. The quantitative estimate of drug-likeness (QED) is 0.840. The third kappa shape index (κ3) is 2.68. The molecule has 1 fully saturated rings. The van der Waals surface area contributed by atoms with Gasteiger partial charge in [-0.2, -0.15) is 0 Å². The van der Waals surface area contributed by atoms with Crippen molar-refractivity contribution in [2.24, 2.45) is 5.92 Å². The third-order valence-electron chi connectivity index (χ3n) is 4.12. The van der Waals surface area contributed by atoms with Gasteiger partial charge in [0, 0.05) is 13.0 Å². The van der Waals surface area contributed by atoms with Crippen LogP contribution in [0.4, 0.5) is 0 Å². The molecular formula is C14H25NO3. The fraction of sp³-hybridized carbons (Fsp3) is 0.857. The Hall–Kier alpha value is -1.06. The van der Waals surface area contributed by atoms with E-state index in [9.17, 15) is 14.7 Å². The van der Waals surface area contributed by atoms with Crippen LogP contribution in [-0.2, 0) is 9.59 Å². The largest absolute Gasteiger partial charge is 0.479 e. The first-order valence-electron chi connectivity index (χ1n) is 6.88. The van der Waals surface area contributed by atoms with E-state index in [1.165, 1.54) is 6.92 Å². The average Bonchev–Trinajstić information content (AvgIpc) is 2.27. The van der Waals surface area contributed by atoms with Gasteiger partial charge in [-0.05, 0) is 32.6 Å². The van der Waals surface area contributed by atoms with E-state index in [4.69, 9.17) is 0 Å². The molecule has 1 rings (SSSR count). The van der Waals surface area contributed by atoms with E-state index in [-0.39, 0.29) is 11.9 Å². The number of amides is 1. The van der Waals surface area contributed by atoms with Crippen LogP contribution in [0, 0.1) is 5.92 Å². The summed E-state index contributed by atoms with van der Waals surface area (Å²) in [7, 11) is 0. The minimum atomic E-state index is -0.987. The predicted molar refractivity (Wildman–Crippen MR) is 70.3 cm³/mol. The molecule has 4 heteroatoms. The Morgan fingerprint density at radius 2 is 2.06 bits per heavy atom. The van der Waals surface area contributed by atoms with Crippen molar-refractivity contribution < 1.29 is 14.7 Å². The lowest BCUT2D eigenvalue weighted by molar-refractivity contribution is -0.165. The van der Waals surface area contributed by atoms with Crippen LogP contribution in [0.5, 0.6) is 0 Å². The Kier molecular flexibility index (Phi) is 4.77. The molecule has 104 valence electrons. The lowest BCUT2D eigenvalue weighted by Gasteiger charge is -2.47. The van der Waals surface area contributed by atoms with Gasteiger partial charge in [-0.25, -0.2) is 4.79 Å². The van der Waals surface area contributed by atoms with E-state index in [2.05, 4.69) is 6.92 Å². The van der Waals surface area contributed by atoms with Crippen molar-refractivity contribution in [3.05, 3.63) is 0 Å². The molecular weight excluding hydrogens is 230 g/mol. The van der Waals surface area contributed by atoms with Crippen LogP contribution in [-0.4, -0.2) is 33.5 Å². The maximum absolute atomic E-state index is 11.9. The van der Waals surface area contributed by atoms with E-state index in [1.807, 2.05) is 13.8 Å². The fourth-order valence-corrected chi connectivity index (χ4v) is 3.39. The molecule has 0 aliphatic heterocycles. The minimum Gasteiger partial charge on any atom is -0.479 e. The normalized spacial score (nSPS) is 28.2. The van der Waals surface area contributed by atoms with Crippen LogP contribution in [0.15, 0.2) is 0 Å². The van der Waals surface area contributed by atoms with E-state index >= 15 is 0 Å². The van der Waals surface area contributed by atoms with Crippen LogP contribution in [0.25, 0.3) is 0 Å². The molecule has 1 saturated carbocycles. The zero-order chi connectivity index (χ0) is 13.9. The third-order valence-corrected chi connectivity index (χ3v) is 4.12. The number of carboxylic acids is 1. The highest BCUT2D eigenvalue weighted by molar-refractivity contribution is 5.86. The molecule has 0 bridgehead atoms. The summed E-state index contributed by atoms with van der Waals surface area (Å²) in [6.07, 6.45) is 4.13. The molecule has 0 spiro atoms. The number of carboxylic acid groups (broad SMARTS) is 1. The molecule has 1 aliphatic carbocycles. The Balaban J connectivity index is 3.12. The predicted octanol–water partition coefficient (Wildman–Crippen LogP) is 2.67. The fourth-order valence-electron chi connectivity index (χ4n) is 3.39. The molecule has 1 N–H and O–H groups in total. The zero-order valence-electron chi connectivity index (χ0n) is 11.9. The van der Waals surface area contributed by atoms with Crippen molar-refractivity contribution in [2.45, 2.75) is 71.4 Å². The standard InChI is InChI=1S/C14H25NO3/c1-5-12-7-6-8-14(9-12,13(17)18)15(10(2)3)11(4)16/h10,12H,5-9H2,1-4H3,(H,17,18). The number of rotatable bonds is 4. The zero-order valence-corrected chi connectivity index (χ0v) is 11.9. The van der Waals surface area contributed by atoms with Crippen LogP contribution in [0.3, 0.4) is 0 Å². The van der Waals surface area contributed by atoms with Gasteiger partial charge in [0.2, 0.25) is 5.91 Å². The number of hydrogen-bond donors (Lipinski definition) is 1. The maximum Gasteiger partial charge on any atom is 0.329 e. The molecule has 0 heterocycles. The Morgan fingerprint density at radius 1 is 1.44 bits per heavy atom. The number of nitrogens with zero attached hydrogens (tertiary/aromatic N) is 1. The molecule has 1 aliphatic rings. The molecule has 0 radical (unpaired) electrons.